The van der Waals surface area contributed by atoms with E-state index in [9.17, 15) is 5.11 Å². The fraction of sp³-hybridized carbons (Fsp3) is 0.625. The molecule has 2 heteroatoms. The molecule has 1 saturated heterocycles. The van der Waals surface area contributed by atoms with Crippen LogP contribution in [-0.4, -0.2) is 34.7 Å². The highest BCUT2D eigenvalue weighted by Gasteiger charge is 2.35. The second kappa shape index (κ2) is 5.41. The van der Waals surface area contributed by atoms with Crippen LogP contribution in [0.1, 0.15) is 37.8 Å². The molecule has 1 aromatic rings. The van der Waals surface area contributed by atoms with Crippen molar-refractivity contribution in [3.8, 4) is 0 Å². The summed E-state index contributed by atoms with van der Waals surface area (Å²) in [5.41, 5.74) is 2.37. The van der Waals surface area contributed by atoms with Gasteiger partial charge in [-0.3, -0.25) is 4.90 Å². The number of aliphatic hydroxyl groups is 1. The smallest absolute Gasteiger partial charge is 0.0758 e. The third-order valence-corrected chi connectivity index (χ3v) is 4.25. The van der Waals surface area contributed by atoms with Crippen LogP contribution in [-0.2, 0) is 6.42 Å². The summed E-state index contributed by atoms with van der Waals surface area (Å²) in [4.78, 5) is 2.42. The summed E-state index contributed by atoms with van der Waals surface area (Å²) in [6.45, 7) is 8.68. The highest BCUT2D eigenvalue weighted by molar-refractivity contribution is 5.23. The van der Waals surface area contributed by atoms with E-state index in [2.05, 4.69) is 49.9 Å². The van der Waals surface area contributed by atoms with Gasteiger partial charge in [0.05, 0.1) is 6.10 Å². The SMILES string of the molecule is Cc1cccc(CC(O)C(C)(C)N2CCCC2)c1. The number of rotatable bonds is 4. The van der Waals surface area contributed by atoms with Crippen molar-refractivity contribution in [2.45, 2.75) is 51.7 Å². The number of likely N-dealkylation sites (tertiary alicyclic amines) is 1. The van der Waals surface area contributed by atoms with Crippen molar-refractivity contribution in [3.63, 3.8) is 0 Å². The largest absolute Gasteiger partial charge is 0.391 e. The van der Waals surface area contributed by atoms with Crippen molar-refractivity contribution in [1.82, 2.24) is 4.90 Å². The average Bonchev–Trinajstić information content (AvgIpc) is 2.82. The van der Waals surface area contributed by atoms with Gasteiger partial charge in [0.1, 0.15) is 0 Å². The molecule has 1 aliphatic rings. The minimum Gasteiger partial charge on any atom is -0.391 e. The van der Waals surface area contributed by atoms with Crippen LogP contribution in [0.3, 0.4) is 0 Å². The lowest BCUT2D eigenvalue weighted by atomic mass is 9.90. The third-order valence-electron chi connectivity index (χ3n) is 4.25. The summed E-state index contributed by atoms with van der Waals surface area (Å²) in [5.74, 6) is 0. The van der Waals surface area contributed by atoms with Crippen molar-refractivity contribution in [1.29, 1.82) is 0 Å². The fourth-order valence-corrected chi connectivity index (χ4v) is 2.82. The number of hydrogen-bond donors (Lipinski definition) is 1. The summed E-state index contributed by atoms with van der Waals surface area (Å²) < 4.78 is 0. The topological polar surface area (TPSA) is 23.5 Å². The van der Waals surface area contributed by atoms with E-state index in [0.717, 1.165) is 19.5 Å². The van der Waals surface area contributed by atoms with Crippen molar-refractivity contribution in [3.05, 3.63) is 35.4 Å². The Kier molecular flexibility index (Phi) is 4.08. The zero-order valence-corrected chi connectivity index (χ0v) is 11.8. The number of aliphatic hydroxyl groups excluding tert-OH is 1. The summed E-state index contributed by atoms with van der Waals surface area (Å²) in [7, 11) is 0. The van der Waals surface area contributed by atoms with Gasteiger partial charge in [-0.1, -0.05) is 29.8 Å². The highest BCUT2D eigenvalue weighted by Crippen LogP contribution is 2.26. The summed E-state index contributed by atoms with van der Waals surface area (Å²) in [5, 5.41) is 10.5. The number of aryl methyl sites for hydroxylation is 1. The maximum Gasteiger partial charge on any atom is 0.0758 e. The molecule has 1 aliphatic heterocycles. The zero-order valence-electron chi connectivity index (χ0n) is 11.8. The van der Waals surface area contributed by atoms with Crippen LogP contribution in [0.4, 0.5) is 0 Å². The van der Waals surface area contributed by atoms with E-state index in [0.29, 0.717) is 0 Å². The molecule has 100 valence electrons. The van der Waals surface area contributed by atoms with Crippen LogP contribution >= 0.6 is 0 Å². The van der Waals surface area contributed by atoms with Gasteiger partial charge in [0.15, 0.2) is 0 Å². The van der Waals surface area contributed by atoms with E-state index in [1.54, 1.807) is 0 Å². The summed E-state index contributed by atoms with van der Waals surface area (Å²) in [6.07, 6.45) is 2.96. The van der Waals surface area contributed by atoms with Crippen molar-refractivity contribution >= 4 is 0 Å². The van der Waals surface area contributed by atoms with E-state index in [4.69, 9.17) is 0 Å². The van der Waals surface area contributed by atoms with Gasteiger partial charge in [-0.05, 0) is 52.3 Å². The number of nitrogens with zero attached hydrogens (tertiary/aromatic N) is 1. The zero-order chi connectivity index (χ0) is 13.2. The van der Waals surface area contributed by atoms with Crippen LogP contribution in [0.5, 0.6) is 0 Å². The second-order valence-corrected chi connectivity index (χ2v) is 6.06. The first kappa shape index (κ1) is 13.6. The number of hydrogen-bond acceptors (Lipinski definition) is 2. The predicted octanol–water partition coefficient (Wildman–Crippen LogP) is 2.77. The van der Waals surface area contributed by atoms with E-state index >= 15 is 0 Å². The molecule has 0 aliphatic carbocycles. The average molecular weight is 247 g/mol. The molecule has 0 saturated carbocycles. The lowest BCUT2D eigenvalue weighted by molar-refractivity contribution is 0.00337. The Morgan fingerprint density at radius 2 is 1.94 bits per heavy atom. The lowest BCUT2D eigenvalue weighted by Crippen LogP contribution is -2.51. The lowest BCUT2D eigenvalue weighted by Gasteiger charge is -2.39. The maximum atomic E-state index is 10.5. The first-order chi connectivity index (χ1) is 8.50. The Bertz CT molecular complexity index is 394. The minimum absolute atomic E-state index is 0.125. The molecule has 1 fully saturated rings. The maximum absolute atomic E-state index is 10.5. The molecule has 0 amide bonds. The molecule has 0 bridgehead atoms. The fourth-order valence-electron chi connectivity index (χ4n) is 2.82. The molecule has 2 nitrogen and oxygen atoms in total. The predicted molar refractivity (Wildman–Crippen MR) is 75.8 cm³/mol. The molecule has 1 atom stereocenters. The molecule has 0 spiro atoms. The standard InChI is InChI=1S/C16H25NO/c1-13-7-6-8-14(11-13)12-15(18)16(2,3)17-9-4-5-10-17/h6-8,11,15,18H,4-5,9-10,12H2,1-3H3. The quantitative estimate of drug-likeness (QED) is 0.884. The molecule has 0 aromatic heterocycles. The molecule has 1 unspecified atom stereocenters. The van der Waals surface area contributed by atoms with E-state index < -0.39 is 0 Å². The van der Waals surface area contributed by atoms with Crippen molar-refractivity contribution < 1.29 is 5.11 Å². The second-order valence-electron chi connectivity index (χ2n) is 6.06. The summed E-state index contributed by atoms with van der Waals surface area (Å²) >= 11 is 0. The Morgan fingerprint density at radius 3 is 2.56 bits per heavy atom. The van der Waals surface area contributed by atoms with Crippen molar-refractivity contribution in [2.75, 3.05) is 13.1 Å². The van der Waals surface area contributed by atoms with Gasteiger partial charge >= 0.3 is 0 Å². The van der Waals surface area contributed by atoms with Gasteiger partial charge in [0.25, 0.3) is 0 Å². The summed E-state index contributed by atoms with van der Waals surface area (Å²) in [6, 6.07) is 8.45. The van der Waals surface area contributed by atoms with Crippen LogP contribution in [0.15, 0.2) is 24.3 Å². The van der Waals surface area contributed by atoms with Gasteiger partial charge in [0, 0.05) is 12.0 Å². The van der Waals surface area contributed by atoms with Gasteiger partial charge in [0.2, 0.25) is 0 Å². The van der Waals surface area contributed by atoms with Crippen LogP contribution in [0, 0.1) is 6.92 Å². The Morgan fingerprint density at radius 1 is 1.28 bits per heavy atom. The monoisotopic (exact) mass is 247 g/mol. The Hall–Kier alpha value is -0.860. The van der Waals surface area contributed by atoms with Crippen molar-refractivity contribution in [2.24, 2.45) is 0 Å². The molecule has 1 heterocycles. The first-order valence-electron chi connectivity index (χ1n) is 6.99. The molecule has 0 radical (unpaired) electrons. The molecular formula is C16H25NO. The molecule has 1 aromatic carbocycles. The Balaban J connectivity index is 2.04. The Labute approximate surface area is 111 Å². The molecule has 18 heavy (non-hydrogen) atoms. The van der Waals surface area contributed by atoms with Crippen LogP contribution < -0.4 is 0 Å². The van der Waals surface area contributed by atoms with Gasteiger partial charge < -0.3 is 5.11 Å². The molecule has 2 rings (SSSR count). The van der Waals surface area contributed by atoms with E-state index in [1.807, 2.05) is 0 Å². The third kappa shape index (κ3) is 2.93. The molecular weight excluding hydrogens is 222 g/mol. The highest BCUT2D eigenvalue weighted by atomic mass is 16.3. The van der Waals surface area contributed by atoms with E-state index in [1.165, 1.54) is 24.0 Å². The van der Waals surface area contributed by atoms with Crippen LogP contribution in [0.2, 0.25) is 0 Å². The minimum atomic E-state index is -0.308. The normalized spacial score (nSPS) is 19.1. The van der Waals surface area contributed by atoms with Gasteiger partial charge in [-0.15, -0.1) is 0 Å². The van der Waals surface area contributed by atoms with Gasteiger partial charge in [-0.2, -0.15) is 0 Å². The van der Waals surface area contributed by atoms with Crippen LogP contribution in [0.25, 0.3) is 0 Å². The van der Waals surface area contributed by atoms with Gasteiger partial charge in [-0.25, -0.2) is 0 Å². The van der Waals surface area contributed by atoms with E-state index in [-0.39, 0.29) is 11.6 Å². The molecule has 1 N–H and O–H groups in total. The first-order valence-corrected chi connectivity index (χ1v) is 6.99. The number of benzene rings is 1.